The largest absolute Gasteiger partial charge is 0.508 e. The number of nitrogens with one attached hydrogen (secondary N) is 14. The van der Waals surface area contributed by atoms with Crippen LogP contribution in [0.1, 0.15) is 63.1 Å². The van der Waals surface area contributed by atoms with Gasteiger partial charge in [-0.3, -0.25) is 67.7 Å². The van der Waals surface area contributed by atoms with Crippen molar-refractivity contribution in [3.05, 3.63) is 48.0 Å². The summed E-state index contributed by atoms with van der Waals surface area (Å²) in [5, 5.41) is 57.1. The van der Waals surface area contributed by atoms with Gasteiger partial charge in [0.2, 0.25) is 76.8 Å². The van der Waals surface area contributed by atoms with E-state index in [1.807, 2.05) is 0 Å². The summed E-state index contributed by atoms with van der Waals surface area (Å²) < 4.78 is 0. The molecule has 1 aliphatic rings. The number of rotatable bonds is 40. The van der Waals surface area contributed by atoms with Crippen LogP contribution in [-0.2, 0) is 75.2 Å². The molecule has 22 N–H and O–H groups in total. The molecule has 1 saturated heterocycles. The van der Waals surface area contributed by atoms with Gasteiger partial charge in [-0.05, 0) is 69.2 Å². The number of amides is 13. The molecule has 13 amide bonds. The molecule has 1 aromatic carbocycles. The van der Waals surface area contributed by atoms with Gasteiger partial charge in [0, 0.05) is 62.1 Å². The Morgan fingerprint density at radius 2 is 1.11 bits per heavy atom. The lowest BCUT2D eigenvalue weighted by Gasteiger charge is -2.30. The average Bonchev–Trinajstić information content (AvgIpc) is 2.69. The second kappa shape index (κ2) is 40.6. The summed E-state index contributed by atoms with van der Waals surface area (Å²) in [6.45, 7) is -0.769. The first-order valence-corrected chi connectivity index (χ1v) is 31.2. The van der Waals surface area contributed by atoms with E-state index in [0.29, 0.717) is 24.8 Å². The fourth-order valence-electron chi connectivity index (χ4n) is 8.88. The van der Waals surface area contributed by atoms with Crippen molar-refractivity contribution in [3.63, 3.8) is 0 Å². The Kier molecular flexibility index (Phi) is 34.5. The molecule has 38 heteroatoms. The molecule has 0 aliphatic carbocycles. The van der Waals surface area contributed by atoms with Crippen LogP contribution in [0.25, 0.3) is 0 Å². The maximum absolute atomic E-state index is 14.3. The van der Waals surface area contributed by atoms with Crippen LogP contribution < -0.4 is 81.0 Å². The molecular formula is C53H83N19O15S4. The van der Waals surface area contributed by atoms with E-state index in [2.05, 4.69) is 124 Å². The molecule has 2 aromatic rings. The topological polar surface area (TPSA) is 541 Å². The van der Waals surface area contributed by atoms with Crippen molar-refractivity contribution in [2.45, 2.75) is 125 Å². The quantitative estimate of drug-likeness (QED) is 0.0128. The molecule has 1 aromatic heterocycles. The lowest BCUT2D eigenvalue weighted by atomic mass is 10.0. The summed E-state index contributed by atoms with van der Waals surface area (Å²) in [6, 6.07) is -7.90. The number of likely N-dealkylation sites (tertiary alicyclic amines) is 1. The van der Waals surface area contributed by atoms with Gasteiger partial charge in [0.25, 0.3) is 0 Å². The molecule has 504 valence electrons. The van der Waals surface area contributed by atoms with Crippen LogP contribution in [0.15, 0.2) is 36.8 Å². The number of imidazole rings is 1. The van der Waals surface area contributed by atoms with Crippen LogP contribution in [-0.4, -0.2) is 231 Å². The number of nitrogens with zero attached hydrogens (tertiary/aromatic N) is 2. The number of H-pyrrole nitrogens is 1. The van der Waals surface area contributed by atoms with E-state index in [1.165, 1.54) is 48.6 Å². The highest BCUT2D eigenvalue weighted by Crippen LogP contribution is 2.21. The van der Waals surface area contributed by atoms with Gasteiger partial charge in [-0.1, -0.05) is 12.1 Å². The Morgan fingerprint density at radius 3 is 1.66 bits per heavy atom. The van der Waals surface area contributed by atoms with Gasteiger partial charge in [-0.15, -0.1) is 0 Å². The average molecular weight is 1350 g/mol. The summed E-state index contributed by atoms with van der Waals surface area (Å²) in [5.41, 5.74) is 17.1. The first-order chi connectivity index (χ1) is 43.3. The SMILES string of the molecule is CC(=O)N[C@@H](CS)C(=O)N[C@@H](CS)C(=O)N[C@@H](CCCCN)C(=O)N1CCC[C@H]1C(=O)NCC(=O)N[C@@H](CS)C(=O)NCC(=O)N[C@@H](CCCNC(=N)N)C(=O)N[C@@H](Cc1c[nH]cn1)C(=O)N[C@@H](Cc1ccc(O)cc1)C(=O)N[C@@H](CO)C(=O)N[C@@H](CS)C(N)=O. The summed E-state index contributed by atoms with van der Waals surface area (Å²) in [4.78, 5) is 181. The summed E-state index contributed by atoms with van der Waals surface area (Å²) in [5.74, 6) is -12.2. The molecule has 1 aliphatic heterocycles. The first kappa shape index (κ1) is 77.2. The van der Waals surface area contributed by atoms with E-state index in [1.54, 1.807) is 0 Å². The van der Waals surface area contributed by atoms with Gasteiger partial charge < -0.3 is 101 Å². The van der Waals surface area contributed by atoms with Crippen molar-refractivity contribution in [1.29, 1.82) is 5.41 Å². The highest BCUT2D eigenvalue weighted by molar-refractivity contribution is 7.80. The number of nitrogens with two attached hydrogens (primary N) is 3. The van der Waals surface area contributed by atoms with Crippen LogP contribution in [0, 0.1) is 5.41 Å². The zero-order chi connectivity index (χ0) is 67.7. The molecule has 0 unspecified atom stereocenters. The number of carbonyl (C=O) groups is 13. The number of hydrogen-bond acceptors (Lipinski definition) is 22. The van der Waals surface area contributed by atoms with E-state index in [9.17, 15) is 72.5 Å². The Hall–Kier alpha value is -8.07. The number of aromatic hydroxyl groups is 1. The number of phenolic OH excluding ortho intramolecular Hbond substituents is 1. The Labute approximate surface area is 545 Å². The molecule has 10 atom stereocenters. The highest BCUT2D eigenvalue weighted by atomic mass is 32.1. The maximum Gasteiger partial charge on any atom is 0.245 e. The van der Waals surface area contributed by atoms with E-state index in [4.69, 9.17) is 22.6 Å². The van der Waals surface area contributed by atoms with E-state index in [-0.39, 0.29) is 92.6 Å². The van der Waals surface area contributed by atoms with Gasteiger partial charge in [0.15, 0.2) is 5.96 Å². The minimum atomic E-state index is -1.67. The monoisotopic (exact) mass is 1350 g/mol. The minimum absolute atomic E-state index is 0.0426. The maximum atomic E-state index is 14.3. The molecule has 0 bridgehead atoms. The second-order valence-corrected chi connectivity index (χ2v) is 22.2. The van der Waals surface area contributed by atoms with Gasteiger partial charge in [0.05, 0.1) is 31.7 Å². The number of carbonyl (C=O) groups excluding carboxylic acids is 13. The second-order valence-electron chi connectivity index (χ2n) is 20.7. The van der Waals surface area contributed by atoms with E-state index >= 15 is 0 Å². The number of guanidine groups is 1. The number of primary amides is 1. The number of benzene rings is 1. The predicted octanol–water partition coefficient (Wildman–Crippen LogP) is -7.90. The van der Waals surface area contributed by atoms with Crippen molar-refractivity contribution < 1.29 is 72.5 Å². The number of unbranched alkanes of at least 4 members (excludes halogenated alkanes) is 1. The Morgan fingerprint density at radius 1 is 0.615 bits per heavy atom. The summed E-state index contributed by atoms with van der Waals surface area (Å²) in [6.07, 6.45) is 3.66. The molecule has 3 rings (SSSR count). The number of aromatic nitrogens is 2. The Balaban J connectivity index is 1.73. The molecule has 2 heterocycles. The standard InChI is InChI=1S/C53H83N19O15S4/c1-27(74)63-38(24-90)49(84)71-39(25-91)50(85)66-32(6-2-3-13-54)52(87)72-15-5-8-40(72)51(86)61-20-42(77)65-37(23-89)44(79)60-19-41(76)64-31(7-4-14-59-53(56)57)45(80)68-34(17-29-18-58-26-62-29)47(82)67-33(16-28-9-11-30(75)12-10-28)46(81)69-35(21-73)48(83)70-36(22-88)43(55)78/h9-12,18,26,31-40,73,75,88-91H,2-8,13-17,19-25,54H2,1H3,(H2,55,78)(H,58,62)(H,60,79)(H,61,86)(H,63,74)(H,64,76)(H,65,77)(H,66,85)(H,67,82)(H,68,80)(H,69,81)(H,70,83)(H,71,84)(H4,56,57,59)/t31-,32-,33-,34-,35-,36-,37-,38-,39-,40-/m0/s1. The van der Waals surface area contributed by atoms with Crippen LogP contribution in [0.2, 0.25) is 0 Å². The normalized spacial score (nSPS) is 15.5. The van der Waals surface area contributed by atoms with Crippen molar-refractivity contribution in [2.24, 2.45) is 17.2 Å². The van der Waals surface area contributed by atoms with Crippen LogP contribution in [0.3, 0.4) is 0 Å². The van der Waals surface area contributed by atoms with Crippen molar-refractivity contribution in [1.82, 2.24) is 78.7 Å². The van der Waals surface area contributed by atoms with Gasteiger partial charge in [-0.2, -0.15) is 50.5 Å². The highest BCUT2D eigenvalue weighted by Gasteiger charge is 2.39. The fraction of sp³-hybridized carbons (Fsp3) is 0.566. The van der Waals surface area contributed by atoms with Crippen LogP contribution >= 0.6 is 50.5 Å². The number of aliphatic hydroxyl groups is 1. The lowest BCUT2D eigenvalue weighted by Crippen LogP contribution is -2.60. The number of aromatic amines is 1. The van der Waals surface area contributed by atoms with Gasteiger partial charge in [0.1, 0.15) is 66.2 Å². The first-order valence-electron chi connectivity index (χ1n) is 28.7. The lowest BCUT2D eigenvalue weighted by molar-refractivity contribution is -0.142. The number of aliphatic hydroxyl groups excluding tert-OH is 1. The third kappa shape index (κ3) is 27.1. The van der Waals surface area contributed by atoms with E-state index < -0.39 is 163 Å². The zero-order valence-corrected chi connectivity index (χ0v) is 53.4. The molecular weight excluding hydrogens is 1270 g/mol. The molecule has 0 saturated carbocycles. The third-order valence-corrected chi connectivity index (χ3v) is 15.1. The molecule has 0 radical (unpaired) electrons. The van der Waals surface area contributed by atoms with Crippen LogP contribution in [0.4, 0.5) is 0 Å². The number of phenols is 1. The third-order valence-electron chi connectivity index (χ3n) is 13.7. The Bertz CT molecular complexity index is 2830. The molecule has 91 heavy (non-hydrogen) atoms. The smallest absolute Gasteiger partial charge is 0.245 e. The number of thiol groups is 4. The number of hydrogen-bond donors (Lipinski definition) is 23. The van der Waals surface area contributed by atoms with Crippen molar-refractivity contribution in [3.8, 4) is 5.75 Å². The fourth-order valence-corrected chi connectivity index (χ4v) is 9.92. The summed E-state index contributed by atoms with van der Waals surface area (Å²) >= 11 is 16.4. The van der Waals surface area contributed by atoms with Crippen molar-refractivity contribution in [2.75, 3.05) is 62.3 Å². The minimum Gasteiger partial charge on any atom is -0.508 e. The molecule has 1 fully saturated rings. The van der Waals surface area contributed by atoms with Gasteiger partial charge in [-0.25, -0.2) is 4.98 Å². The van der Waals surface area contributed by atoms with E-state index in [0.717, 1.165) is 0 Å². The zero-order valence-electron chi connectivity index (χ0n) is 49.8. The van der Waals surface area contributed by atoms with Crippen molar-refractivity contribution >= 4 is 133 Å². The van der Waals surface area contributed by atoms with Crippen LogP contribution in [0.5, 0.6) is 5.75 Å². The summed E-state index contributed by atoms with van der Waals surface area (Å²) in [7, 11) is 0. The van der Waals surface area contributed by atoms with Gasteiger partial charge >= 0.3 is 0 Å². The predicted molar refractivity (Wildman–Crippen MR) is 342 cm³/mol. The molecule has 0 spiro atoms. The molecule has 34 nitrogen and oxygen atoms in total.